The van der Waals surface area contributed by atoms with E-state index < -0.39 is 6.04 Å². The van der Waals surface area contributed by atoms with Crippen LogP contribution in [0.5, 0.6) is 0 Å². The first kappa shape index (κ1) is 19.9. The standard InChI is InChI=1S/C24H26N4O2/c1-18-7-6-10-21(17-18)26-13-15-27(16-14-26)24(30)19(2)28-23(29)12-11-22(25-28)20-8-4-3-5-9-20/h3-12,17,19H,13-16H2,1-2H3. The zero-order chi connectivity index (χ0) is 21.1. The van der Waals surface area contributed by atoms with E-state index in [1.54, 1.807) is 13.0 Å². The minimum atomic E-state index is -0.647. The van der Waals surface area contributed by atoms with Crippen molar-refractivity contribution in [1.29, 1.82) is 0 Å². The number of amides is 1. The molecule has 1 aliphatic heterocycles. The third kappa shape index (κ3) is 4.13. The minimum Gasteiger partial charge on any atom is -0.368 e. The summed E-state index contributed by atoms with van der Waals surface area (Å²) in [7, 11) is 0. The Morgan fingerprint density at radius 1 is 0.933 bits per heavy atom. The molecule has 1 atom stereocenters. The molecule has 4 rings (SSSR count). The molecule has 0 radical (unpaired) electrons. The Labute approximate surface area is 176 Å². The van der Waals surface area contributed by atoms with Crippen LogP contribution in [-0.2, 0) is 4.79 Å². The van der Waals surface area contributed by atoms with E-state index in [4.69, 9.17) is 0 Å². The Morgan fingerprint density at radius 3 is 2.37 bits per heavy atom. The highest BCUT2D eigenvalue weighted by Crippen LogP contribution is 2.20. The van der Waals surface area contributed by atoms with Crippen molar-refractivity contribution in [3.63, 3.8) is 0 Å². The van der Waals surface area contributed by atoms with Crippen molar-refractivity contribution in [3.8, 4) is 11.3 Å². The van der Waals surface area contributed by atoms with Gasteiger partial charge in [0.25, 0.3) is 5.56 Å². The summed E-state index contributed by atoms with van der Waals surface area (Å²) in [5, 5.41) is 4.48. The predicted octanol–water partition coefficient (Wildman–Crippen LogP) is 3.13. The Kier molecular flexibility index (Phi) is 5.65. The van der Waals surface area contributed by atoms with Crippen LogP contribution >= 0.6 is 0 Å². The summed E-state index contributed by atoms with van der Waals surface area (Å²) >= 11 is 0. The summed E-state index contributed by atoms with van der Waals surface area (Å²) < 4.78 is 1.30. The molecule has 1 fully saturated rings. The SMILES string of the molecule is Cc1cccc(N2CCN(C(=O)C(C)n3nc(-c4ccccc4)ccc3=O)CC2)c1. The maximum Gasteiger partial charge on any atom is 0.267 e. The number of aryl methyl sites for hydroxylation is 1. The molecule has 1 unspecified atom stereocenters. The van der Waals surface area contributed by atoms with Gasteiger partial charge in [-0.3, -0.25) is 9.59 Å². The van der Waals surface area contributed by atoms with Crippen molar-refractivity contribution in [2.24, 2.45) is 0 Å². The lowest BCUT2D eigenvalue weighted by Crippen LogP contribution is -2.51. The number of anilines is 1. The summed E-state index contributed by atoms with van der Waals surface area (Å²) in [6.45, 7) is 6.63. The number of nitrogens with zero attached hydrogens (tertiary/aromatic N) is 4. The first-order chi connectivity index (χ1) is 14.5. The van der Waals surface area contributed by atoms with Crippen LogP contribution in [0.2, 0.25) is 0 Å². The summed E-state index contributed by atoms with van der Waals surface area (Å²) in [4.78, 5) is 29.7. The molecule has 154 valence electrons. The van der Waals surface area contributed by atoms with Gasteiger partial charge >= 0.3 is 0 Å². The third-order valence-corrected chi connectivity index (χ3v) is 5.58. The number of hydrogen-bond donors (Lipinski definition) is 0. The molecule has 1 saturated heterocycles. The molecule has 0 aliphatic carbocycles. The van der Waals surface area contributed by atoms with E-state index in [9.17, 15) is 9.59 Å². The smallest absolute Gasteiger partial charge is 0.267 e. The molecule has 1 aliphatic rings. The molecule has 3 aromatic rings. The highest BCUT2D eigenvalue weighted by molar-refractivity contribution is 5.80. The fourth-order valence-corrected chi connectivity index (χ4v) is 3.84. The largest absolute Gasteiger partial charge is 0.368 e. The molecule has 2 aromatic carbocycles. The van der Waals surface area contributed by atoms with Gasteiger partial charge in [-0.2, -0.15) is 5.10 Å². The van der Waals surface area contributed by atoms with Gasteiger partial charge in [-0.25, -0.2) is 4.68 Å². The van der Waals surface area contributed by atoms with Gasteiger partial charge in [-0.05, 0) is 37.6 Å². The molecule has 0 saturated carbocycles. The van der Waals surface area contributed by atoms with Crippen molar-refractivity contribution < 1.29 is 4.79 Å². The molecule has 2 heterocycles. The first-order valence-corrected chi connectivity index (χ1v) is 10.3. The lowest BCUT2D eigenvalue weighted by Gasteiger charge is -2.37. The van der Waals surface area contributed by atoms with E-state index >= 15 is 0 Å². The van der Waals surface area contributed by atoms with Crippen LogP contribution in [0.25, 0.3) is 11.3 Å². The van der Waals surface area contributed by atoms with Crippen molar-refractivity contribution in [2.75, 3.05) is 31.1 Å². The Hall–Kier alpha value is -3.41. The number of rotatable bonds is 4. The molecule has 6 nitrogen and oxygen atoms in total. The van der Waals surface area contributed by atoms with Crippen LogP contribution in [0.4, 0.5) is 5.69 Å². The van der Waals surface area contributed by atoms with E-state index in [-0.39, 0.29) is 11.5 Å². The Morgan fingerprint density at radius 2 is 1.67 bits per heavy atom. The molecular formula is C24H26N4O2. The third-order valence-electron chi connectivity index (χ3n) is 5.58. The van der Waals surface area contributed by atoms with Gasteiger partial charge in [0.1, 0.15) is 6.04 Å². The van der Waals surface area contributed by atoms with Gasteiger partial charge in [0.15, 0.2) is 0 Å². The number of hydrogen-bond acceptors (Lipinski definition) is 4. The van der Waals surface area contributed by atoms with Crippen molar-refractivity contribution in [1.82, 2.24) is 14.7 Å². The van der Waals surface area contributed by atoms with E-state index in [2.05, 4.69) is 41.2 Å². The number of piperazine rings is 1. The molecule has 0 bridgehead atoms. The van der Waals surface area contributed by atoms with E-state index in [0.29, 0.717) is 18.8 Å². The fraction of sp³-hybridized carbons (Fsp3) is 0.292. The average molecular weight is 402 g/mol. The monoisotopic (exact) mass is 402 g/mol. The molecule has 6 heteroatoms. The molecule has 0 N–H and O–H groups in total. The molecule has 30 heavy (non-hydrogen) atoms. The normalized spacial score (nSPS) is 15.1. The molecule has 0 spiro atoms. The molecule has 1 amide bonds. The van der Waals surface area contributed by atoms with Crippen LogP contribution in [0.15, 0.2) is 71.5 Å². The quantitative estimate of drug-likeness (QED) is 0.673. The summed E-state index contributed by atoms with van der Waals surface area (Å²) in [6, 6.07) is 20.6. The summed E-state index contributed by atoms with van der Waals surface area (Å²) in [6.07, 6.45) is 0. The van der Waals surface area contributed by atoms with Crippen molar-refractivity contribution in [3.05, 3.63) is 82.6 Å². The van der Waals surface area contributed by atoms with Crippen LogP contribution in [0.3, 0.4) is 0 Å². The van der Waals surface area contributed by atoms with Gasteiger partial charge in [0, 0.05) is 43.5 Å². The van der Waals surface area contributed by atoms with Crippen molar-refractivity contribution >= 4 is 11.6 Å². The number of carbonyl (C=O) groups is 1. The second-order valence-corrected chi connectivity index (χ2v) is 7.69. The van der Waals surface area contributed by atoms with Gasteiger partial charge in [-0.15, -0.1) is 0 Å². The zero-order valence-corrected chi connectivity index (χ0v) is 17.4. The summed E-state index contributed by atoms with van der Waals surface area (Å²) in [5.74, 6) is -0.0706. The van der Waals surface area contributed by atoms with Crippen LogP contribution in [0, 0.1) is 6.92 Å². The minimum absolute atomic E-state index is 0.0706. The van der Waals surface area contributed by atoms with Crippen LogP contribution in [0.1, 0.15) is 18.5 Å². The highest BCUT2D eigenvalue weighted by Gasteiger charge is 2.27. The second-order valence-electron chi connectivity index (χ2n) is 7.69. The number of carbonyl (C=O) groups excluding carboxylic acids is 1. The number of benzene rings is 2. The van der Waals surface area contributed by atoms with Crippen LogP contribution in [-0.4, -0.2) is 46.8 Å². The average Bonchev–Trinajstić information content (AvgIpc) is 2.79. The first-order valence-electron chi connectivity index (χ1n) is 10.3. The zero-order valence-electron chi connectivity index (χ0n) is 17.4. The van der Waals surface area contributed by atoms with E-state index in [1.807, 2.05) is 35.2 Å². The van der Waals surface area contributed by atoms with E-state index in [1.165, 1.54) is 22.0 Å². The van der Waals surface area contributed by atoms with Gasteiger partial charge in [0.2, 0.25) is 5.91 Å². The van der Waals surface area contributed by atoms with Crippen LogP contribution < -0.4 is 10.5 Å². The van der Waals surface area contributed by atoms with Gasteiger partial charge < -0.3 is 9.80 Å². The maximum atomic E-state index is 13.1. The Bertz CT molecular complexity index is 1090. The van der Waals surface area contributed by atoms with Gasteiger partial charge in [-0.1, -0.05) is 42.5 Å². The highest BCUT2D eigenvalue weighted by atomic mass is 16.2. The maximum absolute atomic E-state index is 13.1. The van der Waals surface area contributed by atoms with E-state index in [0.717, 1.165) is 18.7 Å². The second kappa shape index (κ2) is 8.53. The number of aromatic nitrogens is 2. The van der Waals surface area contributed by atoms with Gasteiger partial charge in [0.05, 0.1) is 5.69 Å². The summed E-state index contributed by atoms with van der Waals surface area (Å²) in [5.41, 5.74) is 3.73. The topological polar surface area (TPSA) is 58.4 Å². The molecule has 1 aromatic heterocycles. The lowest BCUT2D eigenvalue weighted by molar-refractivity contribution is -0.135. The lowest BCUT2D eigenvalue weighted by atomic mass is 10.1. The Balaban J connectivity index is 1.47. The fourth-order valence-electron chi connectivity index (χ4n) is 3.84. The predicted molar refractivity (Wildman–Crippen MR) is 119 cm³/mol. The van der Waals surface area contributed by atoms with Crippen molar-refractivity contribution in [2.45, 2.75) is 19.9 Å². The molecular weight excluding hydrogens is 376 g/mol.